The molecular formula is C16H32N2O. The van der Waals surface area contributed by atoms with Gasteiger partial charge in [-0.1, -0.05) is 19.8 Å². The maximum Gasteiger partial charge on any atom is 0.0589 e. The van der Waals surface area contributed by atoms with Gasteiger partial charge in [0.1, 0.15) is 0 Å². The fraction of sp³-hybridized carbons (Fsp3) is 1.00. The Morgan fingerprint density at radius 2 is 2.11 bits per heavy atom. The van der Waals surface area contributed by atoms with Crippen LogP contribution in [0.5, 0.6) is 0 Å². The Kier molecular flexibility index (Phi) is 5.67. The molecule has 0 amide bonds. The predicted molar refractivity (Wildman–Crippen MR) is 80.3 cm³/mol. The highest BCUT2D eigenvalue weighted by molar-refractivity contribution is 5.00. The molecule has 3 nitrogen and oxygen atoms in total. The Morgan fingerprint density at radius 1 is 1.26 bits per heavy atom. The maximum absolute atomic E-state index is 6.25. The van der Waals surface area contributed by atoms with E-state index in [0.717, 1.165) is 19.0 Å². The van der Waals surface area contributed by atoms with Gasteiger partial charge in [0.05, 0.1) is 6.10 Å². The van der Waals surface area contributed by atoms with Crippen LogP contribution in [0, 0.1) is 0 Å². The number of methoxy groups -OCH3 is 1. The van der Waals surface area contributed by atoms with Crippen LogP contribution in [0.2, 0.25) is 0 Å². The van der Waals surface area contributed by atoms with Crippen molar-refractivity contribution in [3.05, 3.63) is 0 Å². The predicted octanol–water partition coefficient (Wildman–Crippen LogP) is 2.93. The van der Waals surface area contributed by atoms with Crippen molar-refractivity contribution in [2.45, 2.75) is 82.4 Å². The minimum atomic E-state index is 0.221. The van der Waals surface area contributed by atoms with Crippen molar-refractivity contribution in [3.63, 3.8) is 0 Å². The molecule has 2 aliphatic rings. The maximum atomic E-state index is 6.25. The quantitative estimate of drug-likeness (QED) is 0.833. The average Bonchev–Trinajstić information content (AvgIpc) is 2.48. The Morgan fingerprint density at radius 3 is 2.79 bits per heavy atom. The fourth-order valence-electron chi connectivity index (χ4n) is 4.31. The third-order valence-electron chi connectivity index (χ3n) is 5.35. The smallest absolute Gasteiger partial charge is 0.0589 e. The lowest BCUT2D eigenvalue weighted by Gasteiger charge is -2.53. The molecule has 1 aliphatic carbocycles. The van der Waals surface area contributed by atoms with Crippen molar-refractivity contribution in [1.29, 1.82) is 0 Å². The monoisotopic (exact) mass is 268 g/mol. The Balaban J connectivity index is 2.12. The summed E-state index contributed by atoms with van der Waals surface area (Å²) in [7, 11) is 1.86. The van der Waals surface area contributed by atoms with E-state index in [1.807, 2.05) is 7.11 Å². The van der Waals surface area contributed by atoms with Gasteiger partial charge in [0.15, 0.2) is 0 Å². The molecule has 2 fully saturated rings. The van der Waals surface area contributed by atoms with Gasteiger partial charge in [-0.05, 0) is 51.5 Å². The second-order valence-electron chi connectivity index (χ2n) is 6.51. The minimum Gasteiger partial charge on any atom is -0.381 e. The zero-order valence-corrected chi connectivity index (χ0v) is 12.9. The number of ether oxygens (including phenoxy) is 1. The number of hydrogen-bond acceptors (Lipinski definition) is 3. The van der Waals surface area contributed by atoms with E-state index in [0.29, 0.717) is 6.10 Å². The zero-order valence-electron chi connectivity index (χ0n) is 12.9. The van der Waals surface area contributed by atoms with Gasteiger partial charge in [0.2, 0.25) is 0 Å². The third-order valence-corrected chi connectivity index (χ3v) is 5.35. The lowest BCUT2D eigenvalue weighted by molar-refractivity contribution is -0.0531. The van der Waals surface area contributed by atoms with Gasteiger partial charge in [-0.25, -0.2) is 0 Å². The van der Waals surface area contributed by atoms with Crippen LogP contribution in [-0.2, 0) is 4.74 Å². The second-order valence-corrected chi connectivity index (χ2v) is 6.51. The van der Waals surface area contributed by atoms with Crippen LogP contribution in [0.15, 0.2) is 0 Å². The van der Waals surface area contributed by atoms with Crippen molar-refractivity contribution in [2.75, 3.05) is 20.2 Å². The van der Waals surface area contributed by atoms with Crippen molar-refractivity contribution in [1.82, 2.24) is 4.90 Å². The molecule has 2 rings (SSSR count). The van der Waals surface area contributed by atoms with Gasteiger partial charge in [-0.3, -0.25) is 4.90 Å². The highest BCUT2D eigenvalue weighted by Gasteiger charge is 2.43. The molecule has 0 spiro atoms. The summed E-state index contributed by atoms with van der Waals surface area (Å²) >= 11 is 0. The van der Waals surface area contributed by atoms with Crippen LogP contribution >= 0.6 is 0 Å². The van der Waals surface area contributed by atoms with Crippen LogP contribution in [0.3, 0.4) is 0 Å². The molecule has 0 bridgehead atoms. The normalized spacial score (nSPS) is 37.4. The summed E-state index contributed by atoms with van der Waals surface area (Å²) in [5.41, 5.74) is 6.47. The molecule has 1 aliphatic heterocycles. The second kappa shape index (κ2) is 7.05. The van der Waals surface area contributed by atoms with E-state index < -0.39 is 0 Å². The summed E-state index contributed by atoms with van der Waals surface area (Å²) in [4.78, 5) is 2.78. The molecular weight excluding hydrogens is 236 g/mol. The summed E-state index contributed by atoms with van der Waals surface area (Å²) < 4.78 is 5.65. The van der Waals surface area contributed by atoms with Crippen LogP contribution < -0.4 is 5.73 Å². The molecule has 3 heteroatoms. The molecule has 0 radical (unpaired) electrons. The summed E-state index contributed by atoms with van der Waals surface area (Å²) in [6.45, 7) is 4.35. The topological polar surface area (TPSA) is 38.5 Å². The molecule has 0 aromatic rings. The summed E-state index contributed by atoms with van der Waals surface area (Å²) in [6, 6.07) is 0.762. The first kappa shape index (κ1) is 15.3. The molecule has 1 saturated heterocycles. The first-order valence-corrected chi connectivity index (χ1v) is 8.25. The van der Waals surface area contributed by atoms with Crippen LogP contribution in [0.4, 0.5) is 0 Å². The van der Waals surface area contributed by atoms with Crippen LogP contribution in [0.25, 0.3) is 0 Å². The summed E-state index contributed by atoms with van der Waals surface area (Å²) in [5.74, 6) is 0. The first-order valence-electron chi connectivity index (χ1n) is 8.25. The number of nitrogens with two attached hydrogens (primary N) is 1. The van der Waals surface area contributed by atoms with Gasteiger partial charge >= 0.3 is 0 Å². The van der Waals surface area contributed by atoms with Crippen LogP contribution in [-0.4, -0.2) is 42.8 Å². The highest BCUT2D eigenvalue weighted by Crippen LogP contribution is 2.38. The number of hydrogen-bond donors (Lipinski definition) is 1. The number of nitrogens with zero attached hydrogens (tertiary/aromatic N) is 1. The van der Waals surface area contributed by atoms with E-state index in [1.165, 1.54) is 57.9 Å². The van der Waals surface area contributed by atoms with Crippen molar-refractivity contribution >= 4 is 0 Å². The van der Waals surface area contributed by atoms with Gasteiger partial charge in [0.25, 0.3) is 0 Å². The van der Waals surface area contributed by atoms with E-state index in [2.05, 4.69) is 11.8 Å². The molecule has 0 aromatic carbocycles. The lowest BCUT2D eigenvalue weighted by atomic mass is 9.76. The highest BCUT2D eigenvalue weighted by atomic mass is 16.5. The van der Waals surface area contributed by atoms with E-state index in [4.69, 9.17) is 10.5 Å². The number of rotatable bonds is 5. The van der Waals surface area contributed by atoms with Gasteiger partial charge in [-0.2, -0.15) is 0 Å². The molecule has 19 heavy (non-hydrogen) atoms. The molecule has 0 aromatic heterocycles. The van der Waals surface area contributed by atoms with Crippen molar-refractivity contribution in [2.24, 2.45) is 5.73 Å². The summed E-state index contributed by atoms with van der Waals surface area (Å²) in [6.07, 6.45) is 12.0. The zero-order chi connectivity index (χ0) is 13.7. The lowest BCUT2D eigenvalue weighted by Crippen LogP contribution is -2.61. The van der Waals surface area contributed by atoms with E-state index >= 15 is 0 Å². The number of piperidine rings is 1. The SMILES string of the molecule is CCCC1CCCCN1C1(CN)CCCC(OC)C1. The van der Waals surface area contributed by atoms with Crippen LogP contribution in [0.1, 0.15) is 64.7 Å². The molecule has 3 unspecified atom stereocenters. The van der Waals surface area contributed by atoms with E-state index in [1.54, 1.807) is 0 Å². The molecule has 2 N–H and O–H groups in total. The standard InChI is InChI=1S/C16H32N2O/c1-3-7-14-8-4-5-11-18(14)16(13-17)10-6-9-15(12-16)19-2/h14-15H,3-13,17H2,1-2H3. The fourth-order valence-corrected chi connectivity index (χ4v) is 4.31. The van der Waals surface area contributed by atoms with Crippen molar-refractivity contribution < 1.29 is 4.74 Å². The average molecular weight is 268 g/mol. The van der Waals surface area contributed by atoms with E-state index in [9.17, 15) is 0 Å². The van der Waals surface area contributed by atoms with Gasteiger partial charge < -0.3 is 10.5 Å². The largest absolute Gasteiger partial charge is 0.381 e. The third kappa shape index (κ3) is 3.32. The Hall–Kier alpha value is -0.120. The number of likely N-dealkylation sites (tertiary alicyclic amines) is 1. The minimum absolute atomic E-state index is 0.221. The first-order chi connectivity index (χ1) is 9.25. The van der Waals surface area contributed by atoms with Gasteiger partial charge in [0, 0.05) is 25.2 Å². The van der Waals surface area contributed by atoms with E-state index in [-0.39, 0.29) is 5.54 Å². The van der Waals surface area contributed by atoms with Crippen molar-refractivity contribution in [3.8, 4) is 0 Å². The molecule has 3 atom stereocenters. The van der Waals surface area contributed by atoms with Gasteiger partial charge in [-0.15, -0.1) is 0 Å². The molecule has 1 saturated carbocycles. The Bertz CT molecular complexity index is 269. The Labute approximate surface area is 118 Å². The molecule has 112 valence electrons. The summed E-state index contributed by atoms with van der Waals surface area (Å²) in [5, 5.41) is 0. The molecule has 1 heterocycles.